The molecule has 0 bridgehead atoms. The van der Waals surface area contributed by atoms with Crippen molar-refractivity contribution in [3.05, 3.63) is 0 Å². The Morgan fingerprint density at radius 3 is 2.15 bits per heavy atom. The number of imide groups is 1. The van der Waals surface area contributed by atoms with E-state index < -0.39 is 23.4 Å². The number of thioether (sulfide) groups is 1. The number of carbonyl (C=O) groups is 7. The summed E-state index contributed by atoms with van der Waals surface area (Å²) in [6.45, 7) is 2.65. The lowest BCUT2D eigenvalue weighted by Crippen LogP contribution is -2.35. The van der Waals surface area contributed by atoms with Gasteiger partial charge >= 0.3 is 12.1 Å². The van der Waals surface area contributed by atoms with Gasteiger partial charge in [-0.2, -0.15) is 0 Å². The number of ketones is 1. The molecule has 1 rings (SSSR count). The molecule has 0 aromatic carbocycles. The van der Waals surface area contributed by atoms with Crippen LogP contribution >= 0.6 is 11.8 Å². The average molecular weight is 779 g/mol. The number of carbonyl (C=O) groups excluding carboxylic acids is 7. The Morgan fingerprint density at radius 2 is 1.43 bits per heavy atom. The molecule has 2 unspecified atom stereocenters. The zero-order valence-electron chi connectivity index (χ0n) is 31.3. The van der Waals surface area contributed by atoms with Gasteiger partial charge in [0.25, 0.3) is 0 Å². The fraction of sp³-hybridized carbons (Fsp3) is 0.794. The van der Waals surface area contributed by atoms with E-state index in [0.29, 0.717) is 58.0 Å². The summed E-state index contributed by atoms with van der Waals surface area (Å²) in [4.78, 5) is 86.3. The molecule has 0 aromatic rings. The Morgan fingerprint density at radius 1 is 0.755 bits per heavy atom. The van der Waals surface area contributed by atoms with Crippen molar-refractivity contribution >= 4 is 53.2 Å². The summed E-state index contributed by atoms with van der Waals surface area (Å²) in [6.07, 6.45) is 0.641. The first-order valence-corrected chi connectivity index (χ1v) is 18.9. The van der Waals surface area contributed by atoms with Gasteiger partial charge < -0.3 is 49.1 Å². The van der Waals surface area contributed by atoms with Gasteiger partial charge in [0.15, 0.2) is 0 Å². The van der Waals surface area contributed by atoms with E-state index in [-0.39, 0.29) is 114 Å². The van der Waals surface area contributed by atoms with Gasteiger partial charge in [0.1, 0.15) is 25.1 Å². The van der Waals surface area contributed by atoms with Crippen LogP contribution in [-0.2, 0) is 61.9 Å². The van der Waals surface area contributed by atoms with Gasteiger partial charge in [-0.1, -0.05) is 0 Å². The Labute approximate surface area is 315 Å². The number of alkyl carbamates (subject to hydrolysis) is 1. The van der Waals surface area contributed by atoms with Gasteiger partial charge in [0.05, 0.1) is 38.3 Å². The molecule has 2 atom stereocenters. The molecule has 3 N–H and O–H groups in total. The standard InChI is InChI=1S/C34H58N4O14S/c1-35-29(40)11-22-53-28-23-31(42)38(33(28)44)14-10-30(41)36-12-4-7-26(39)8-5-16-50-27(24-51-32(43)9-6-15-48-20-18-46-2)25-52-34(45)37-13-17-49-21-19-47-3/h27-28H,4-25H2,1-3H3,(H,35,40)(H,36,41)(H,37,45). The highest BCUT2D eigenvalue weighted by molar-refractivity contribution is 8.00. The van der Waals surface area contributed by atoms with Crippen LogP contribution in [0.4, 0.5) is 4.79 Å². The number of likely N-dealkylation sites (tertiary alicyclic amines) is 1. The van der Waals surface area contributed by atoms with Crippen LogP contribution in [0.3, 0.4) is 0 Å². The summed E-state index contributed by atoms with van der Waals surface area (Å²) in [7, 11) is 4.66. The molecule has 0 spiro atoms. The van der Waals surface area contributed by atoms with Crippen LogP contribution in [0.5, 0.6) is 0 Å². The minimum atomic E-state index is -0.754. The van der Waals surface area contributed by atoms with Crippen molar-refractivity contribution < 1.29 is 66.7 Å². The van der Waals surface area contributed by atoms with Crippen LogP contribution in [0.1, 0.15) is 57.8 Å². The smallest absolute Gasteiger partial charge is 0.407 e. The molecule has 53 heavy (non-hydrogen) atoms. The number of ether oxygens (including phenoxy) is 7. The maximum Gasteiger partial charge on any atom is 0.407 e. The summed E-state index contributed by atoms with van der Waals surface area (Å²) >= 11 is 1.26. The first-order valence-electron chi connectivity index (χ1n) is 17.9. The third-order valence-electron chi connectivity index (χ3n) is 7.48. The fourth-order valence-electron chi connectivity index (χ4n) is 4.55. The largest absolute Gasteiger partial charge is 0.463 e. The lowest BCUT2D eigenvalue weighted by molar-refractivity contribution is -0.149. The molecule has 0 saturated carbocycles. The number of amides is 5. The third-order valence-corrected chi connectivity index (χ3v) is 8.69. The molecule has 1 heterocycles. The molecule has 0 aliphatic carbocycles. The normalized spacial score (nSPS) is 14.5. The minimum absolute atomic E-state index is 0.0284. The van der Waals surface area contributed by atoms with E-state index in [2.05, 4.69) is 16.0 Å². The maximum absolute atomic E-state index is 12.6. The van der Waals surface area contributed by atoms with E-state index >= 15 is 0 Å². The highest BCUT2D eigenvalue weighted by Crippen LogP contribution is 2.25. The van der Waals surface area contributed by atoms with Gasteiger partial charge in [0, 0.05) is 98.4 Å². The lowest BCUT2D eigenvalue weighted by Gasteiger charge is -2.18. The van der Waals surface area contributed by atoms with Crippen LogP contribution in [0.25, 0.3) is 0 Å². The summed E-state index contributed by atoms with van der Waals surface area (Å²) in [5.41, 5.74) is 0. The monoisotopic (exact) mass is 778 g/mol. The fourth-order valence-corrected chi connectivity index (χ4v) is 5.67. The van der Waals surface area contributed by atoms with Crippen molar-refractivity contribution in [1.82, 2.24) is 20.9 Å². The highest BCUT2D eigenvalue weighted by Gasteiger charge is 2.38. The second-order valence-corrected chi connectivity index (χ2v) is 13.0. The third kappa shape index (κ3) is 24.6. The number of hydrogen-bond acceptors (Lipinski definition) is 15. The van der Waals surface area contributed by atoms with Gasteiger partial charge in [-0.25, -0.2) is 4.79 Å². The van der Waals surface area contributed by atoms with E-state index in [0.717, 1.165) is 4.90 Å². The number of hydrogen-bond donors (Lipinski definition) is 3. The molecule has 1 saturated heterocycles. The van der Waals surface area contributed by atoms with Crippen LogP contribution in [0.2, 0.25) is 0 Å². The van der Waals surface area contributed by atoms with Crippen molar-refractivity contribution in [3.8, 4) is 0 Å². The summed E-state index contributed by atoms with van der Waals surface area (Å²) in [5, 5.41) is 7.21. The number of Topliss-reactive ketones (excluding diaryl/α,β-unsaturated/α-hetero) is 1. The molecular weight excluding hydrogens is 720 g/mol. The topological polar surface area (TPSA) is 223 Å². The summed E-state index contributed by atoms with van der Waals surface area (Å²) in [5.74, 6) is -1.25. The number of methoxy groups -OCH3 is 2. The van der Waals surface area contributed by atoms with Crippen LogP contribution < -0.4 is 16.0 Å². The van der Waals surface area contributed by atoms with Gasteiger partial charge in [-0.05, 0) is 19.3 Å². The number of esters is 1. The van der Waals surface area contributed by atoms with E-state index in [1.165, 1.54) is 18.8 Å². The molecule has 304 valence electrons. The molecule has 5 amide bonds. The van der Waals surface area contributed by atoms with Gasteiger partial charge in [-0.15, -0.1) is 11.8 Å². The highest BCUT2D eigenvalue weighted by atomic mass is 32.2. The van der Waals surface area contributed by atoms with Crippen molar-refractivity contribution in [1.29, 1.82) is 0 Å². The van der Waals surface area contributed by atoms with Crippen LogP contribution in [0.15, 0.2) is 0 Å². The molecule has 19 heteroatoms. The SMILES string of the molecule is CNC(=O)CCSC1CC(=O)N(CCC(=O)NCCCC(=O)CCCOC(COC(=O)CCCOCCOC)COC(=O)NCCOCCOC)C1=O. The molecule has 18 nitrogen and oxygen atoms in total. The molecule has 1 fully saturated rings. The average Bonchev–Trinajstić information content (AvgIpc) is 3.41. The minimum Gasteiger partial charge on any atom is -0.463 e. The first-order chi connectivity index (χ1) is 25.6. The lowest BCUT2D eigenvalue weighted by atomic mass is 10.1. The van der Waals surface area contributed by atoms with Crippen molar-refractivity contribution in [2.45, 2.75) is 69.1 Å². The molecule has 1 aliphatic heterocycles. The van der Waals surface area contributed by atoms with E-state index in [1.54, 1.807) is 14.2 Å². The predicted molar refractivity (Wildman–Crippen MR) is 192 cm³/mol. The van der Waals surface area contributed by atoms with E-state index in [1.807, 2.05) is 0 Å². The van der Waals surface area contributed by atoms with Crippen molar-refractivity contribution in [2.24, 2.45) is 0 Å². The van der Waals surface area contributed by atoms with Crippen LogP contribution in [-0.4, -0.2) is 164 Å². The van der Waals surface area contributed by atoms with Gasteiger partial charge in [0.2, 0.25) is 23.6 Å². The summed E-state index contributed by atoms with van der Waals surface area (Å²) < 4.78 is 36.7. The molecule has 0 aromatic heterocycles. The Bertz CT molecular complexity index is 1080. The first kappa shape index (κ1) is 47.7. The van der Waals surface area contributed by atoms with Crippen LogP contribution in [0, 0.1) is 0 Å². The van der Waals surface area contributed by atoms with E-state index in [9.17, 15) is 33.6 Å². The molecule has 1 aliphatic rings. The summed E-state index contributed by atoms with van der Waals surface area (Å²) in [6, 6.07) is 0. The second kappa shape index (κ2) is 31.0. The zero-order chi connectivity index (χ0) is 39.1. The number of nitrogens with one attached hydrogen (secondary N) is 3. The van der Waals surface area contributed by atoms with E-state index in [4.69, 9.17) is 33.2 Å². The zero-order valence-corrected chi connectivity index (χ0v) is 32.1. The van der Waals surface area contributed by atoms with Crippen molar-refractivity contribution in [3.63, 3.8) is 0 Å². The van der Waals surface area contributed by atoms with Gasteiger partial charge in [-0.3, -0.25) is 33.7 Å². The molecule has 0 radical (unpaired) electrons. The predicted octanol–water partition coefficient (Wildman–Crippen LogP) is 0.380. The number of rotatable bonds is 33. The number of nitrogens with zero attached hydrogens (tertiary/aromatic N) is 1. The maximum atomic E-state index is 12.6. The molecular formula is C34H58N4O14S. The van der Waals surface area contributed by atoms with Crippen molar-refractivity contribution in [2.75, 3.05) is 106 Å². The Balaban J connectivity index is 2.32. The Hall–Kier alpha value is -3.36. The Kier molecular flexibility index (Phi) is 27.9. The quantitative estimate of drug-likeness (QED) is 0.0466. The second-order valence-electron chi connectivity index (χ2n) is 11.7.